The number of aryl methyl sites for hydroxylation is 3. The maximum absolute atomic E-state index is 12.5. The Bertz CT molecular complexity index is 1160. The minimum Gasteiger partial charge on any atom is -0.301 e. The average Bonchev–Trinajstić information content (AvgIpc) is 3.36. The van der Waals surface area contributed by atoms with Gasteiger partial charge < -0.3 is 5.32 Å². The number of para-hydroxylation sites is 1. The fourth-order valence-electron chi connectivity index (χ4n) is 3.40. The highest BCUT2D eigenvalue weighted by molar-refractivity contribution is 7.99. The number of thioether (sulfide) groups is 1. The molecule has 2 heterocycles. The van der Waals surface area contributed by atoms with Gasteiger partial charge in [-0.1, -0.05) is 47.7 Å². The van der Waals surface area contributed by atoms with Crippen molar-refractivity contribution in [1.29, 1.82) is 0 Å². The zero-order valence-electron chi connectivity index (χ0n) is 16.9. The third-order valence-electron chi connectivity index (χ3n) is 4.57. The number of amides is 1. The standard InChI is InChI=1S/C22H21N5OS2/c1-14-9-15(2)20(16(3)10-14)18-11-29-21(24-18)25-19(28)12-30-22-26-23-13-27(22)17-7-5-4-6-8-17/h4-11,13H,12H2,1-3H3,(H,24,25,28). The molecule has 0 radical (unpaired) electrons. The molecule has 0 unspecified atom stereocenters. The number of benzene rings is 2. The Hall–Kier alpha value is -2.97. The number of carbonyl (C=O) groups excluding carboxylic acids is 1. The van der Waals surface area contributed by atoms with Gasteiger partial charge in [-0.15, -0.1) is 21.5 Å². The fraction of sp³-hybridized carbons (Fsp3) is 0.182. The Kier molecular flexibility index (Phi) is 5.96. The lowest BCUT2D eigenvalue weighted by Crippen LogP contribution is -2.14. The molecule has 0 aliphatic rings. The summed E-state index contributed by atoms with van der Waals surface area (Å²) in [6, 6.07) is 14.1. The first-order chi connectivity index (χ1) is 14.5. The van der Waals surface area contributed by atoms with Crippen LogP contribution < -0.4 is 5.32 Å². The molecule has 2 aromatic carbocycles. The number of nitrogens with one attached hydrogen (secondary N) is 1. The molecule has 0 aliphatic heterocycles. The van der Waals surface area contributed by atoms with Crippen LogP contribution in [0.5, 0.6) is 0 Å². The van der Waals surface area contributed by atoms with Crippen LogP contribution in [0.2, 0.25) is 0 Å². The van der Waals surface area contributed by atoms with Gasteiger partial charge in [0.15, 0.2) is 10.3 Å². The van der Waals surface area contributed by atoms with Crippen LogP contribution in [0.1, 0.15) is 16.7 Å². The zero-order valence-corrected chi connectivity index (χ0v) is 18.5. The first-order valence-corrected chi connectivity index (χ1v) is 11.3. The minimum absolute atomic E-state index is 0.124. The van der Waals surface area contributed by atoms with Crippen LogP contribution in [-0.4, -0.2) is 31.4 Å². The number of aromatic nitrogens is 4. The van der Waals surface area contributed by atoms with E-state index >= 15 is 0 Å². The van der Waals surface area contributed by atoms with Crippen molar-refractivity contribution in [3.63, 3.8) is 0 Å². The van der Waals surface area contributed by atoms with Crippen LogP contribution >= 0.6 is 23.1 Å². The number of anilines is 1. The van der Waals surface area contributed by atoms with Crippen molar-refractivity contribution in [1.82, 2.24) is 19.7 Å². The van der Waals surface area contributed by atoms with E-state index in [-0.39, 0.29) is 11.7 Å². The predicted molar refractivity (Wildman–Crippen MR) is 122 cm³/mol. The van der Waals surface area contributed by atoms with Crippen LogP contribution in [0.4, 0.5) is 5.13 Å². The molecule has 0 bridgehead atoms. The largest absolute Gasteiger partial charge is 0.301 e. The lowest BCUT2D eigenvalue weighted by Gasteiger charge is -2.08. The highest BCUT2D eigenvalue weighted by Gasteiger charge is 2.14. The molecule has 8 heteroatoms. The second kappa shape index (κ2) is 8.81. The lowest BCUT2D eigenvalue weighted by atomic mass is 9.98. The summed E-state index contributed by atoms with van der Waals surface area (Å²) < 4.78 is 1.86. The predicted octanol–water partition coefficient (Wildman–Crippen LogP) is 5.05. The summed E-state index contributed by atoms with van der Waals surface area (Å²) in [6.45, 7) is 6.27. The number of hydrogen-bond donors (Lipinski definition) is 1. The molecule has 1 amide bonds. The molecule has 4 aromatic rings. The van der Waals surface area contributed by atoms with Gasteiger partial charge in [-0.05, 0) is 44.0 Å². The SMILES string of the molecule is Cc1cc(C)c(-c2csc(NC(=O)CSc3nncn3-c3ccccc3)n2)c(C)c1. The van der Waals surface area contributed by atoms with Crippen molar-refractivity contribution in [3.05, 3.63) is 70.9 Å². The molecule has 6 nitrogen and oxygen atoms in total. The Morgan fingerprint density at radius 2 is 1.87 bits per heavy atom. The molecule has 0 atom stereocenters. The van der Waals surface area contributed by atoms with E-state index in [1.807, 2.05) is 40.3 Å². The quantitative estimate of drug-likeness (QED) is 0.429. The molecule has 152 valence electrons. The first kappa shape index (κ1) is 20.3. The van der Waals surface area contributed by atoms with Crippen molar-refractivity contribution < 1.29 is 4.79 Å². The second-order valence-electron chi connectivity index (χ2n) is 6.97. The van der Waals surface area contributed by atoms with Gasteiger partial charge in [-0.25, -0.2) is 4.98 Å². The number of rotatable bonds is 6. The molecule has 0 saturated carbocycles. The normalized spacial score (nSPS) is 10.9. The van der Waals surface area contributed by atoms with E-state index in [4.69, 9.17) is 0 Å². The number of hydrogen-bond acceptors (Lipinski definition) is 6. The van der Waals surface area contributed by atoms with Crippen LogP contribution in [0.15, 0.2) is 59.3 Å². The van der Waals surface area contributed by atoms with Gasteiger partial charge in [-0.2, -0.15) is 0 Å². The first-order valence-electron chi connectivity index (χ1n) is 9.43. The van der Waals surface area contributed by atoms with Gasteiger partial charge in [0.25, 0.3) is 0 Å². The maximum atomic E-state index is 12.5. The fourth-order valence-corrected chi connectivity index (χ4v) is 4.85. The Morgan fingerprint density at radius 3 is 2.60 bits per heavy atom. The summed E-state index contributed by atoms with van der Waals surface area (Å²) in [5.41, 5.74) is 6.58. The summed E-state index contributed by atoms with van der Waals surface area (Å²) in [5.74, 6) is 0.101. The summed E-state index contributed by atoms with van der Waals surface area (Å²) in [5, 5.41) is 14.2. The molecule has 2 aromatic heterocycles. The second-order valence-corrected chi connectivity index (χ2v) is 8.77. The number of nitrogens with zero attached hydrogens (tertiary/aromatic N) is 4. The molecule has 0 fully saturated rings. The third-order valence-corrected chi connectivity index (χ3v) is 6.27. The highest BCUT2D eigenvalue weighted by Crippen LogP contribution is 2.31. The van der Waals surface area contributed by atoms with Crippen LogP contribution in [0, 0.1) is 20.8 Å². The third kappa shape index (κ3) is 4.44. The molecule has 0 aliphatic carbocycles. The number of carbonyl (C=O) groups is 1. The van der Waals surface area contributed by atoms with Crippen LogP contribution in [0.25, 0.3) is 16.9 Å². The summed E-state index contributed by atoms with van der Waals surface area (Å²) in [4.78, 5) is 17.1. The Morgan fingerprint density at radius 1 is 1.13 bits per heavy atom. The van der Waals surface area contributed by atoms with E-state index < -0.39 is 0 Å². The van der Waals surface area contributed by atoms with Crippen molar-refractivity contribution in [2.24, 2.45) is 0 Å². The van der Waals surface area contributed by atoms with Crippen molar-refractivity contribution in [2.75, 3.05) is 11.1 Å². The Balaban J connectivity index is 1.41. The maximum Gasteiger partial charge on any atom is 0.236 e. The van der Waals surface area contributed by atoms with Gasteiger partial charge in [-0.3, -0.25) is 9.36 Å². The molecule has 0 spiro atoms. The van der Waals surface area contributed by atoms with Gasteiger partial charge >= 0.3 is 0 Å². The summed E-state index contributed by atoms with van der Waals surface area (Å²) in [6.07, 6.45) is 1.65. The van der Waals surface area contributed by atoms with E-state index in [9.17, 15) is 4.79 Å². The topological polar surface area (TPSA) is 72.7 Å². The van der Waals surface area contributed by atoms with Crippen molar-refractivity contribution in [2.45, 2.75) is 25.9 Å². The molecule has 0 saturated heterocycles. The molecule has 1 N–H and O–H groups in total. The van der Waals surface area contributed by atoms with Gasteiger partial charge in [0.05, 0.1) is 11.4 Å². The van der Waals surface area contributed by atoms with Crippen LogP contribution in [0.3, 0.4) is 0 Å². The van der Waals surface area contributed by atoms with E-state index in [2.05, 4.69) is 53.4 Å². The summed E-state index contributed by atoms with van der Waals surface area (Å²) >= 11 is 2.77. The van der Waals surface area contributed by atoms with Gasteiger partial charge in [0.2, 0.25) is 5.91 Å². The van der Waals surface area contributed by atoms with Gasteiger partial charge in [0.1, 0.15) is 6.33 Å². The molecular formula is C22H21N5OS2. The number of thiazole rings is 1. The smallest absolute Gasteiger partial charge is 0.236 e. The lowest BCUT2D eigenvalue weighted by molar-refractivity contribution is -0.113. The zero-order chi connectivity index (χ0) is 21.1. The van der Waals surface area contributed by atoms with Crippen LogP contribution in [-0.2, 0) is 4.79 Å². The molecule has 30 heavy (non-hydrogen) atoms. The summed E-state index contributed by atoms with van der Waals surface area (Å²) in [7, 11) is 0. The van der Waals surface area contributed by atoms with Gasteiger partial charge in [0, 0.05) is 16.6 Å². The molecule has 4 rings (SSSR count). The minimum atomic E-state index is -0.124. The molecular weight excluding hydrogens is 414 g/mol. The van der Waals surface area contributed by atoms with Crippen molar-refractivity contribution in [3.8, 4) is 16.9 Å². The average molecular weight is 436 g/mol. The van der Waals surface area contributed by atoms with E-state index in [1.165, 1.54) is 39.8 Å². The van der Waals surface area contributed by atoms with E-state index in [0.717, 1.165) is 16.9 Å². The highest BCUT2D eigenvalue weighted by atomic mass is 32.2. The van der Waals surface area contributed by atoms with E-state index in [1.54, 1.807) is 6.33 Å². The van der Waals surface area contributed by atoms with E-state index in [0.29, 0.717) is 10.3 Å². The van der Waals surface area contributed by atoms with Crippen molar-refractivity contribution >= 4 is 34.1 Å². The Labute approximate surface area is 183 Å². The monoisotopic (exact) mass is 435 g/mol.